The minimum absolute atomic E-state index is 0.0800. The number of halogens is 2. The van der Waals surface area contributed by atoms with E-state index in [1.807, 2.05) is 0 Å². The van der Waals surface area contributed by atoms with Crippen LogP contribution in [0.2, 0.25) is 0 Å². The molecule has 120 valence electrons. The molecule has 1 aliphatic carbocycles. The van der Waals surface area contributed by atoms with Crippen LogP contribution in [0.25, 0.3) is 0 Å². The summed E-state index contributed by atoms with van der Waals surface area (Å²) >= 11 is 0. The first-order valence-corrected chi connectivity index (χ1v) is 7.10. The van der Waals surface area contributed by atoms with Crippen molar-refractivity contribution in [3.05, 3.63) is 29.8 Å². The van der Waals surface area contributed by atoms with E-state index in [0.717, 1.165) is 0 Å². The summed E-state index contributed by atoms with van der Waals surface area (Å²) < 4.78 is 27.9. The van der Waals surface area contributed by atoms with Crippen molar-refractivity contribution in [2.24, 2.45) is 0 Å². The summed E-state index contributed by atoms with van der Waals surface area (Å²) in [4.78, 5) is 23.4. The molecule has 0 unspecified atom stereocenters. The van der Waals surface area contributed by atoms with Crippen molar-refractivity contribution in [3.8, 4) is 0 Å². The van der Waals surface area contributed by atoms with Crippen LogP contribution in [0.15, 0.2) is 24.3 Å². The average Bonchev–Trinajstić information content (AvgIpc) is 2.45. The Labute approximate surface area is 126 Å². The Hall–Kier alpha value is -2.02. The lowest BCUT2D eigenvalue weighted by Gasteiger charge is -2.41. The first-order valence-electron chi connectivity index (χ1n) is 7.10. The second kappa shape index (κ2) is 6.00. The minimum Gasteiger partial charge on any atom is -0.383 e. The summed E-state index contributed by atoms with van der Waals surface area (Å²) in [5.74, 6) is -5.79. The van der Waals surface area contributed by atoms with Gasteiger partial charge in [0.2, 0.25) is 0 Å². The van der Waals surface area contributed by atoms with Crippen LogP contribution in [-0.4, -0.2) is 35.0 Å². The van der Waals surface area contributed by atoms with Gasteiger partial charge in [0.1, 0.15) is 5.60 Å². The molecule has 5 nitrogen and oxygen atoms in total. The molecule has 1 fully saturated rings. The van der Waals surface area contributed by atoms with Gasteiger partial charge in [-0.1, -0.05) is 6.07 Å². The van der Waals surface area contributed by atoms with Crippen LogP contribution >= 0.6 is 0 Å². The predicted octanol–water partition coefficient (Wildman–Crippen LogP) is 1.93. The highest BCUT2D eigenvalue weighted by molar-refractivity contribution is 5.99. The topological polar surface area (TPSA) is 78.4 Å². The molecule has 0 aromatic heterocycles. The van der Waals surface area contributed by atoms with Gasteiger partial charge in [0.15, 0.2) is 0 Å². The van der Waals surface area contributed by atoms with Crippen molar-refractivity contribution in [3.63, 3.8) is 0 Å². The Bertz CT molecular complexity index is 586. The predicted molar refractivity (Wildman–Crippen MR) is 76.8 cm³/mol. The lowest BCUT2D eigenvalue weighted by atomic mass is 9.75. The number of benzene rings is 1. The molecule has 0 radical (unpaired) electrons. The molecule has 0 bridgehead atoms. The van der Waals surface area contributed by atoms with Gasteiger partial charge in [-0.25, -0.2) is 0 Å². The van der Waals surface area contributed by atoms with E-state index in [9.17, 15) is 23.5 Å². The van der Waals surface area contributed by atoms with Crippen molar-refractivity contribution in [2.75, 3.05) is 11.9 Å². The number of alkyl halides is 2. The maximum absolute atomic E-state index is 14.0. The summed E-state index contributed by atoms with van der Waals surface area (Å²) in [6.07, 6.45) is 0.255. The van der Waals surface area contributed by atoms with E-state index in [1.165, 1.54) is 24.3 Å². The second-order valence-electron chi connectivity index (χ2n) is 5.35. The Morgan fingerprint density at radius 3 is 2.59 bits per heavy atom. The number of anilines is 1. The zero-order valence-electron chi connectivity index (χ0n) is 12.2. The van der Waals surface area contributed by atoms with Gasteiger partial charge in [-0.3, -0.25) is 9.59 Å². The summed E-state index contributed by atoms with van der Waals surface area (Å²) in [6, 6.07) is 5.71. The van der Waals surface area contributed by atoms with Crippen LogP contribution in [0.1, 0.15) is 36.5 Å². The van der Waals surface area contributed by atoms with Crippen LogP contribution < -0.4 is 10.6 Å². The smallest absolute Gasteiger partial charge is 0.352 e. The highest BCUT2D eigenvalue weighted by Crippen LogP contribution is 2.44. The van der Waals surface area contributed by atoms with E-state index in [-0.39, 0.29) is 30.0 Å². The van der Waals surface area contributed by atoms with E-state index in [1.54, 1.807) is 6.92 Å². The van der Waals surface area contributed by atoms with Crippen LogP contribution in [0.5, 0.6) is 0 Å². The molecular formula is C15H18F2N2O3. The standard InChI is InChI=1S/C15H18F2N2O3/c1-2-18-12(20)10-5-3-6-11(9-10)19-13(21)15(16,17)14(22)7-4-8-14/h3,5-6,9,22H,2,4,7-8H2,1H3,(H,18,20)(H,19,21). The highest BCUT2D eigenvalue weighted by atomic mass is 19.3. The normalized spacial score (nSPS) is 16.5. The number of amides is 2. The first kappa shape index (κ1) is 16.4. The lowest BCUT2D eigenvalue weighted by Crippen LogP contribution is -2.59. The number of rotatable bonds is 5. The van der Waals surface area contributed by atoms with Gasteiger partial charge in [0, 0.05) is 17.8 Å². The summed E-state index contributed by atoms with van der Waals surface area (Å²) in [5, 5.41) is 14.4. The molecule has 1 aromatic carbocycles. The zero-order valence-corrected chi connectivity index (χ0v) is 12.2. The van der Waals surface area contributed by atoms with Gasteiger partial charge in [-0.15, -0.1) is 0 Å². The summed E-state index contributed by atoms with van der Waals surface area (Å²) in [5.41, 5.74) is -1.93. The van der Waals surface area contributed by atoms with E-state index >= 15 is 0 Å². The maximum atomic E-state index is 14.0. The third-order valence-corrected chi connectivity index (χ3v) is 3.77. The lowest BCUT2D eigenvalue weighted by molar-refractivity contribution is -0.212. The van der Waals surface area contributed by atoms with Gasteiger partial charge in [-0.2, -0.15) is 8.78 Å². The second-order valence-corrected chi connectivity index (χ2v) is 5.35. The van der Waals surface area contributed by atoms with Crippen molar-refractivity contribution in [2.45, 2.75) is 37.7 Å². The van der Waals surface area contributed by atoms with Crippen molar-refractivity contribution in [1.29, 1.82) is 0 Å². The van der Waals surface area contributed by atoms with Gasteiger partial charge in [-0.05, 0) is 44.4 Å². The summed E-state index contributed by atoms with van der Waals surface area (Å²) in [6.45, 7) is 2.18. The molecule has 2 amide bonds. The fourth-order valence-corrected chi connectivity index (χ4v) is 2.25. The van der Waals surface area contributed by atoms with Crippen molar-refractivity contribution in [1.82, 2.24) is 5.32 Å². The van der Waals surface area contributed by atoms with E-state index in [0.29, 0.717) is 13.0 Å². The molecule has 7 heteroatoms. The Morgan fingerprint density at radius 1 is 1.36 bits per heavy atom. The molecule has 1 saturated carbocycles. The van der Waals surface area contributed by atoms with Gasteiger partial charge in [0.05, 0.1) is 0 Å². The molecule has 1 aliphatic rings. The molecular weight excluding hydrogens is 294 g/mol. The molecule has 0 aliphatic heterocycles. The number of carbonyl (C=O) groups is 2. The summed E-state index contributed by atoms with van der Waals surface area (Å²) in [7, 11) is 0. The minimum atomic E-state index is -3.87. The van der Waals surface area contributed by atoms with Crippen molar-refractivity contribution < 1.29 is 23.5 Å². The third-order valence-electron chi connectivity index (χ3n) is 3.77. The largest absolute Gasteiger partial charge is 0.383 e. The van der Waals surface area contributed by atoms with Gasteiger partial charge in [0.25, 0.3) is 11.8 Å². The average molecular weight is 312 g/mol. The van der Waals surface area contributed by atoms with Crippen LogP contribution in [-0.2, 0) is 4.79 Å². The number of nitrogens with one attached hydrogen (secondary N) is 2. The van der Waals surface area contributed by atoms with Gasteiger partial charge < -0.3 is 15.7 Å². The van der Waals surface area contributed by atoms with E-state index < -0.39 is 17.4 Å². The fraction of sp³-hybridized carbons (Fsp3) is 0.467. The molecule has 0 spiro atoms. The van der Waals surface area contributed by atoms with Gasteiger partial charge >= 0.3 is 5.92 Å². The maximum Gasteiger partial charge on any atom is 0.352 e. The quantitative estimate of drug-likeness (QED) is 0.777. The molecule has 1 aromatic rings. The van der Waals surface area contributed by atoms with Crippen LogP contribution in [0.3, 0.4) is 0 Å². The monoisotopic (exact) mass is 312 g/mol. The molecule has 0 atom stereocenters. The Balaban J connectivity index is 2.12. The molecule has 0 heterocycles. The van der Waals surface area contributed by atoms with Crippen LogP contribution in [0, 0.1) is 0 Å². The van der Waals surface area contributed by atoms with Crippen LogP contribution in [0.4, 0.5) is 14.5 Å². The molecule has 0 saturated heterocycles. The first-order chi connectivity index (χ1) is 10.3. The number of carbonyl (C=O) groups excluding carboxylic acids is 2. The van der Waals surface area contributed by atoms with E-state index in [4.69, 9.17) is 0 Å². The van der Waals surface area contributed by atoms with Crippen molar-refractivity contribution >= 4 is 17.5 Å². The number of hydrogen-bond acceptors (Lipinski definition) is 3. The Morgan fingerprint density at radius 2 is 2.05 bits per heavy atom. The highest BCUT2D eigenvalue weighted by Gasteiger charge is 2.61. The zero-order chi connectivity index (χ0) is 16.4. The van der Waals surface area contributed by atoms with E-state index in [2.05, 4.69) is 10.6 Å². The molecule has 2 rings (SSSR count). The number of hydrogen-bond donors (Lipinski definition) is 3. The SMILES string of the molecule is CCNC(=O)c1cccc(NC(=O)C(F)(F)C2(O)CCC2)c1. The third kappa shape index (κ3) is 2.94. The molecule has 3 N–H and O–H groups in total. The molecule has 22 heavy (non-hydrogen) atoms. The number of aliphatic hydroxyl groups is 1. The Kier molecular flexibility index (Phi) is 4.46. The fourth-order valence-electron chi connectivity index (χ4n) is 2.25.